The average molecular weight is 337 g/mol. The second-order valence-electron chi connectivity index (χ2n) is 5.70. The van der Waals surface area contributed by atoms with Crippen LogP contribution in [-0.2, 0) is 6.54 Å². The van der Waals surface area contributed by atoms with Crippen LogP contribution in [0, 0.1) is 37.5 Å². The normalized spacial score (nSPS) is 15.8. The molecule has 20 heavy (non-hydrogen) atoms. The fourth-order valence-corrected chi connectivity index (χ4v) is 3.08. The molecule has 1 aromatic rings. The lowest BCUT2D eigenvalue weighted by molar-refractivity contribution is 0.402. The highest BCUT2D eigenvalue weighted by atomic mass is 79.9. The molecular weight excluding hydrogens is 316 g/mol. The van der Waals surface area contributed by atoms with Crippen LogP contribution >= 0.6 is 15.9 Å². The van der Waals surface area contributed by atoms with Crippen LogP contribution in [0.4, 0.5) is 0 Å². The van der Waals surface area contributed by atoms with E-state index in [-0.39, 0.29) is 5.41 Å². The molecule has 0 bridgehead atoms. The Morgan fingerprint density at radius 2 is 1.90 bits per heavy atom. The van der Waals surface area contributed by atoms with Gasteiger partial charge in [-0.25, -0.2) is 0 Å². The number of nitrogens with zero attached hydrogens (tertiary/aromatic N) is 1. The predicted octanol–water partition coefficient (Wildman–Crippen LogP) is 3.78. The Balaban J connectivity index is 2.20. The standard InChI is InChI=1S/C16H21BrN2O/c1-10-11(2)15(20-4)13(12(3)14(10)17)7-19-9-16(8-18)5-6-16/h19H,5-7,9H2,1-4H3. The quantitative estimate of drug-likeness (QED) is 0.889. The first-order chi connectivity index (χ1) is 9.45. The highest BCUT2D eigenvalue weighted by Gasteiger charge is 2.42. The third kappa shape index (κ3) is 2.70. The number of rotatable bonds is 5. The van der Waals surface area contributed by atoms with Crippen molar-refractivity contribution in [3.63, 3.8) is 0 Å². The third-order valence-electron chi connectivity index (χ3n) is 4.35. The Kier molecular flexibility index (Phi) is 4.41. The summed E-state index contributed by atoms with van der Waals surface area (Å²) in [4.78, 5) is 0. The Bertz CT molecular complexity index is 571. The topological polar surface area (TPSA) is 45.0 Å². The van der Waals surface area contributed by atoms with Crippen molar-refractivity contribution < 1.29 is 4.74 Å². The van der Waals surface area contributed by atoms with E-state index in [9.17, 15) is 0 Å². The average Bonchev–Trinajstić information content (AvgIpc) is 3.23. The largest absolute Gasteiger partial charge is 0.496 e. The van der Waals surface area contributed by atoms with Gasteiger partial charge in [0.1, 0.15) is 5.75 Å². The molecule has 0 heterocycles. The molecule has 2 rings (SSSR count). The van der Waals surface area contributed by atoms with Crippen LogP contribution < -0.4 is 10.1 Å². The lowest BCUT2D eigenvalue weighted by atomic mass is 9.98. The fraction of sp³-hybridized carbons (Fsp3) is 0.562. The second kappa shape index (κ2) is 5.75. The maximum Gasteiger partial charge on any atom is 0.126 e. The summed E-state index contributed by atoms with van der Waals surface area (Å²) in [5.41, 5.74) is 4.66. The molecule has 0 radical (unpaired) electrons. The van der Waals surface area contributed by atoms with Crippen molar-refractivity contribution in [3.05, 3.63) is 26.7 Å². The first-order valence-electron chi connectivity index (χ1n) is 6.90. The summed E-state index contributed by atoms with van der Waals surface area (Å²) < 4.78 is 6.74. The minimum Gasteiger partial charge on any atom is -0.496 e. The first-order valence-corrected chi connectivity index (χ1v) is 7.69. The van der Waals surface area contributed by atoms with Gasteiger partial charge in [-0.3, -0.25) is 0 Å². The number of methoxy groups -OCH3 is 1. The Morgan fingerprint density at radius 1 is 1.25 bits per heavy atom. The van der Waals surface area contributed by atoms with Gasteiger partial charge in [-0.15, -0.1) is 0 Å². The second-order valence-corrected chi connectivity index (χ2v) is 6.49. The number of ether oxygens (including phenoxy) is 1. The molecule has 1 aliphatic carbocycles. The molecule has 0 unspecified atom stereocenters. The molecule has 1 aliphatic rings. The molecule has 108 valence electrons. The number of hydrogen-bond acceptors (Lipinski definition) is 3. The fourth-order valence-electron chi connectivity index (χ4n) is 2.54. The van der Waals surface area contributed by atoms with Gasteiger partial charge in [0, 0.05) is 23.1 Å². The van der Waals surface area contributed by atoms with Crippen molar-refractivity contribution in [2.75, 3.05) is 13.7 Å². The van der Waals surface area contributed by atoms with Gasteiger partial charge in [-0.2, -0.15) is 5.26 Å². The molecule has 4 heteroatoms. The molecule has 0 aliphatic heterocycles. The van der Waals surface area contributed by atoms with E-state index in [0.717, 1.165) is 36.2 Å². The zero-order chi connectivity index (χ0) is 14.9. The summed E-state index contributed by atoms with van der Waals surface area (Å²) in [6.07, 6.45) is 2.03. The van der Waals surface area contributed by atoms with Crippen LogP contribution in [0.2, 0.25) is 0 Å². The van der Waals surface area contributed by atoms with Crippen LogP contribution in [0.25, 0.3) is 0 Å². The molecule has 0 spiro atoms. The van der Waals surface area contributed by atoms with Crippen molar-refractivity contribution in [3.8, 4) is 11.8 Å². The SMILES string of the molecule is COc1c(C)c(C)c(Br)c(C)c1CNCC1(C#N)CC1. The summed E-state index contributed by atoms with van der Waals surface area (Å²) in [6, 6.07) is 2.41. The molecular formula is C16H21BrN2O. The van der Waals surface area contributed by atoms with Gasteiger partial charge in [-0.05, 0) is 50.3 Å². The molecule has 0 saturated heterocycles. The summed E-state index contributed by atoms with van der Waals surface area (Å²) in [5, 5.41) is 12.5. The number of benzene rings is 1. The van der Waals surface area contributed by atoms with Crippen molar-refractivity contribution >= 4 is 15.9 Å². The van der Waals surface area contributed by atoms with Gasteiger partial charge in [0.05, 0.1) is 18.6 Å². The Labute approximate surface area is 129 Å². The van der Waals surface area contributed by atoms with Gasteiger partial charge in [-0.1, -0.05) is 15.9 Å². The monoisotopic (exact) mass is 336 g/mol. The minimum atomic E-state index is -0.113. The van der Waals surface area contributed by atoms with Crippen LogP contribution in [-0.4, -0.2) is 13.7 Å². The van der Waals surface area contributed by atoms with E-state index in [1.807, 2.05) is 0 Å². The summed E-state index contributed by atoms with van der Waals surface area (Å²) in [7, 11) is 1.72. The Morgan fingerprint density at radius 3 is 2.40 bits per heavy atom. The smallest absolute Gasteiger partial charge is 0.126 e. The number of hydrogen-bond donors (Lipinski definition) is 1. The van der Waals surface area contributed by atoms with Crippen LogP contribution in [0.5, 0.6) is 5.75 Å². The van der Waals surface area contributed by atoms with Crippen LogP contribution in [0.15, 0.2) is 4.47 Å². The predicted molar refractivity (Wildman–Crippen MR) is 83.9 cm³/mol. The van der Waals surface area contributed by atoms with E-state index in [0.29, 0.717) is 0 Å². The van der Waals surface area contributed by atoms with E-state index in [1.54, 1.807) is 7.11 Å². The molecule has 1 N–H and O–H groups in total. The highest BCUT2D eigenvalue weighted by Crippen LogP contribution is 2.44. The van der Waals surface area contributed by atoms with E-state index in [4.69, 9.17) is 10.00 Å². The third-order valence-corrected chi connectivity index (χ3v) is 5.54. The number of halogens is 1. The van der Waals surface area contributed by atoms with Crippen molar-refractivity contribution in [1.29, 1.82) is 5.26 Å². The molecule has 1 fully saturated rings. The van der Waals surface area contributed by atoms with Gasteiger partial charge < -0.3 is 10.1 Å². The lowest BCUT2D eigenvalue weighted by Gasteiger charge is -2.19. The van der Waals surface area contributed by atoms with E-state index >= 15 is 0 Å². The lowest BCUT2D eigenvalue weighted by Crippen LogP contribution is -2.23. The maximum atomic E-state index is 9.11. The summed E-state index contributed by atoms with van der Waals surface area (Å²) in [6.45, 7) is 7.78. The van der Waals surface area contributed by atoms with Gasteiger partial charge in [0.2, 0.25) is 0 Å². The van der Waals surface area contributed by atoms with E-state index in [1.165, 1.54) is 22.3 Å². The maximum absolute atomic E-state index is 9.11. The van der Waals surface area contributed by atoms with E-state index in [2.05, 4.69) is 48.1 Å². The van der Waals surface area contributed by atoms with Gasteiger partial charge in [0.25, 0.3) is 0 Å². The van der Waals surface area contributed by atoms with Crippen LogP contribution in [0.1, 0.15) is 35.1 Å². The zero-order valence-electron chi connectivity index (χ0n) is 12.6. The zero-order valence-corrected chi connectivity index (χ0v) is 14.1. The molecule has 3 nitrogen and oxygen atoms in total. The molecule has 0 aromatic heterocycles. The van der Waals surface area contributed by atoms with Crippen molar-refractivity contribution in [1.82, 2.24) is 5.32 Å². The number of nitriles is 1. The van der Waals surface area contributed by atoms with E-state index < -0.39 is 0 Å². The van der Waals surface area contributed by atoms with Crippen molar-refractivity contribution in [2.24, 2.45) is 5.41 Å². The highest BCUT2D eigenvalue weighted by molar-refractivity contribution is 9.10. The molecule has 0 amide bonds. The number of nitrogens with one attached hydrogen (secondary N) is 1. The summed E-state index contributed by atoms with van der Waals surface area (Å²) in [5.74, 6) is 0.956. The molecule has 1 aromatic carbocycles. The van der Waals surface area contributed by atoms with Gasteiger partial charge in [0.15, 0.2) is 0 Å². The molecule has 1 saturated carbocycles. The van der Waals surface area contributed by atoms with Gasteiger partial charge >= 0.3 is 0 Å². The van der Waals surface area contributed by atoms with Crippen LogP contribution in [0.3, 0.4) is 0 Å². The molecule has 0 atom stereocenters. The van der Waals surface area contributed by atoms with Crippen molar-refractivity contribution in [2.45, 2.75) is 40.2 Å². The minimum absolute atomic E-state index is 0.113. The first kappa shape index (κ1) is 15.3. The Hall–Kier alpha value is -1.05. The summed E-state index contributed by atoms with van der Waals surface area (Å²) >= 11 is 3.67.